The van der Waals surface area contributed by atoms with Crippen LogP contribution in [0.4, 0.5) is 0 Å². The standard InChI is InChI=1S/C15H25NO/c1-14(2)9-11-16(10-6-12-17)13-15-7-4-3-5-8-15/h3-5,7-8,14,17H,6,9-13H2,1-2H3. The molecule has 0 spiro atoms. The Kier molecular flexibility index (Phi) is 6.90. The SMILES string of the molecule is CC(C)CCN(CCCO)Cc1ccccc1. The highest BCUT2D eigenvalue weighted by atomic mass is 16.3. The van der Waals surface area contributed by atoms with Crippen molar-refractivity contribution in [2.45, 2.75) is 33.2 Å². The fourth-order valence-electron chi connectivity index (χ4n) is 1.85. The van der Waals surface area contributed by atoms with Gasteiger partial charge in [-0.2, -0.15) is 0 Å². The monoisotopic (exact) mass is 235 g/mol. The van der Waals surface area contributed by atoms with Gasteiger partial charge in [-0.25, -0.2) is 0 Å². The van der Waals surface area contributed by atoms with Gasteiger partial charge in [-0.1, -0.05) is 44.2 Å². The Morgan fingerprint density at radius 2 is 1.82 bits per heavy atom. The Bertz CT molecular complexity index is 284. The lowest BCUT2D eigenvalue weighted by atomic mass is 10.1. The van der Waals surface area contributed by atoms with Crippen LogP contribution in [-0.4, -0.2) is 29.7 Å². The van der Waals surface area contributed by atoms with Gasteiger partial charge in [-0.15, -0.1) is 0 Å². The lowest BCUT2D eigenvalue weighted by molar-refractivity contribution is 0.210. The molecule has 1 N–H and O–H groups in total. The van der Waals surface area contributed by atoms with Crippen molar-refractivity contribution in [2.75, 3.05) is 19.7 Å². The van der Waals surface area contributed by atoms with Crippen LogP contribution in [0.15, 0.2) is 30.3 Å². The summed E-state index contributed by atoms with van der Waals surface area (Å²) in [6.45, 7) is 7.89. The predicted molar refractivity (Wildman–Crippen MR) is 72.9 cm³/mol. The van der Waals surface area contributed by atoms with Gasteiger partial charge in [-0.3, -0.25) is 4.90 Å². The second-order valence-corrected chi connectivity index (χ2v) is 5.02. The van der Waals surface area contributed by atoms with E-state index in [1.165, 1.54) is 12.0 Å². The molecule has 0 aromatic heterocycles. The Morgan fingerprint density at radius 1 is 1.12 bits per heavy atom. The summed E-state index contributed by atoms with van der Waals surface area (Å²) in [5.74, 6) is 0.738. The van der Waals surface area contributed by atoms with Crippen LogP contribution in [0.5, 0.6) is 0 Å². The van der Waals surface area contributed by atoms with Gasteiger partial charge in [0.2, 0.25) is 0 Å². The summed E-state index contributed by atoms with van der Waals surface area (Å²) in [5, 5.41) is 8.93. The average Bonchev–Trinajstić information content (AvgIpc) is 2.34. The van der Waals surface area contributed by atoms with Crippen molar-refractivity contribution in [3.05, 3.63) is 35.9 Å². The highest BCUT2D eigenvalue weighted by Crippen LogP contribution is 2.08. The van der Waals surface area contributed by atoms with E-state index in [2.05, 4.69) is 49.1 Å². The van der Waals surface area contributed by atoms with E-state index in [0.29, 0.717) is 0 Å². The first-order chi connectivity index (χ1) is 8.22. The molecule has 0 bridgehead atoms. The molecule has 1 rings (SSSR count). The second kappa shape index (κ2) is 8.26. The lowest BCUT2D eigenvalue weighted by Gasteiger charge is -2.23. The maximum atomic E-state index is 8.93. The summed E-state index contributed by atoms with van der Waals surface area (Å²) in [4.78, 5) is 2.44. The largest absolute Gasteiger partial charge is 0.396 e. The second-order valence-electron chi connectivity index (χ2n) is 5.02. The zero-order valence-electron chi connectivity index (χ0n) is 11.1. The fourth-order valence-corrected chi connectivity index (χ4v) is 1.85. The number of aliphatic hydroxyl groups is 1. The molecule has 2 nitrogen and oxygen atoms in total. The Morgan fingerprint density at radius 3 is 2.41 bits per heavy atom. The molecular weight excluding hydrogens is 210 g/mol. The van der Waals surface area contributed by atoms with Gasteiger partial charge in [0, 0.05) is 19.7 Å². The molecule has 0 fully saturated rings. The molecule has 0 radical (unpaired) electrons. The first kappa shape index (κ1) is 14.2. The Balaban J connectivity index is 2.44. The van der Waals surface area contributed by atoms with Crippen molar-refractivity contribution in [1.82, 2.24) is 4.90 Å². The van der Waals surface area contributed by atoms with E-state index in [-0.39, 0.29) is 6.61 Å². The van der Waals surface area contributed by atoms with E-state index in [1.807, 2.05) is 0 Å². The van der Waals surface area contributed by atoms with E-state index >= 15 is 0 Å². The third-order valence-electron chi connectivity index (χ3n) is 2.90. The molecule has 0 amide bonds. The van der Waals surface area contributed by atoms with Crippen molar-refractivity contribution in [3.63, 3.8) is 0 Å². The van der Waals surface area contributed by atoms with Crippen LogP contribution in [0.3, 0.4) is 0 Å². The number of hydrogen-bond donors (Lipinski definition) is 1. The minimum Gasteiger partial charge on any atom is -0.396 e. The molecule has 0 saturated carbocycles. The van der Waals surface area contributed by atoms with E-state index in [9.17, 15) is 0 Å². The first-order valence-corrected chi connectivity index (χ1v) is 6.59. The highest BCUT2D eigenvalue weighted by Gasteiger charge is 2.06. The van der Waals surface area contributed by atoms with Gasteiger partial charge in [0.25, 0.3) is 0 Å². The Labute approximate surface area is 105 Å². The number of aliphatic hydroxyl groups excluding tert-OH is 1. The molecule has 17 heavy (non-hydrogen) atoms. The number of hydrogen-bond acceptors (Lipinski definition) is 2. The lowest BCUT2D eigenvalue weighted by Crippen LogP contribution is -2.27. The minimum atomic E-state index is 0.285. The minimum absolute atomic E-state index is 0.285. The molecule has 2 heteroatoms. The van der Waals surface area contributed by atoms with E-state index in [4.69, 9.17) is 5.11 Å². The zero-order valence-corrected chi connectivity index (χ0v) is 11.1. The van der Waals surface area contributed by atoms with Gasteiger partial charge < -0.3 is 5.11 Å². The average molecular weight is 235 g/mol. The maximum absolute atomic E-state index is 8.93. The van der Waals surface area contributed by atoms with E-state index in [1.54, 1.807) is 0 Å². The summed E-state index contributed by atoms with van der Waals surface area (Å²) in [6.07, 6.45) is 2.09. The molecule has 96 valence electrons. The summed E-state index contributed by atoms with van der Waals surface area (Å²) in [6, 6.07) is 10.6. The number of nitrogens with zero attached hydrogens (tertiary/aromatic N) is 1. The van der Waals surface area contributed by atoms with Gasteiger partial charge in [0.05, 0.1) is 0 Å². The summed E-state index contributed by atoms with van der Waals surface area (Å²) < 4.78 is 0. The van der Waals surface area contributed by atoms with Crippen molar-refractivity contribution in [3.8, 4) is 0 Å². The molecule has 1 aromatic rings. The Hall–Kier alpha value is -0.860. The summed E-state index contributed by atoms with van der Waals surface area (Å²) in [7, 11) is 0. The normalized spacial score (nSPS) is 11.4. The molecule has 0 aliphatic rings. The zero-order chi connectivity index (χ0) is 12.5. The van der Waals surface area contributed by atoms with E-state index < -0.39 is 0 Å². The smallest absolute Gasteiger partial charge is 0.0443 e. The van der Waals surface area contributed by atoms with Crippen LogP contribution in [0, 0.1) is 5.92 Å². The molecule has 0 unspecified atom stereocenters. The third-order valence-corrected chi connectivity index (χ3v) is 2.90. The number of benzene rings is 1. The van der Waals surface area contributed by atoms with Gasteiger partial charge in [-0.05, 0) is 30.9 Å². The van der Waals surface area contributed by atoms with Crippen LogP contribution < -0.4 is 0 Å². The van der Waals surface area contributed by atoms with E-state index in [0.717, 1.165) is 32.0 Å². The molecule has 0 aliphatic heterocycles. The van der Waals surface area contributed by atoms with Gasteiger partial charge in [0.1, 0.15) is 0 Å². The molecule has 0 aliphatic carbocycles. The van der Waals surface area contributed by atoms with Crippen LogP contribution >= 0.6 is 0 Å². The maximum Gasteiger partial charge on any atom is 0.0443 e. The molecule has 0 saturated heterocycles. The molecule has 0 heterocycles. The van der Waals surface area contributed by atoms with Crippen molar-refractivity contribution >= 4 is 0 Å². The summed E-state index contributed by atoms with van der Waals surface area (Å²) >= 11 is 0. The van der Waals surface area contributed by atoms with Crippen LogP contribution in [0.1, 0.15) is 32.3 Å². The van der Waals surface area contributed by atoms with Gasteiger partial charge >= 0.3 is 0 Å². The first-order valence-electron chi connectivity index (χ1n) is 6.59. The third kappa shape index (κ3) is 6.44. The summed E-state index contributed by atoms with van der Waals surface area (Å²) in [5.41, 5.74) is 1.36. The predicted octanol–water partition coefficient (Wildman–Crippen LogP) is 2.92. The quantitative estimate of drug-likeness (QED) is 0.749. The topological polar surface area (TPSA) is 23.5 Å². The van der Waals surface area contributed by atoms with Crippen LogP contribution in [0.25, 0.3) is 0 Å². The van der Waals surface area contributed by atoms with Crippen LogP contribution in [-0.2, 0) is 6.54 Å². The van der Waals surface area contributed by atoms with Crippen molar-refractivity contribution in [1.29, 1.82) is 0 Å². The van der Waals surface area contributed by atoms with Crippen molar-refractivity contribution < 1.29 is 5.11 Å². The molecule has 0 atom stereocenters. The molecular formula is C15H25NO. The van der Waals surface area contributed by atoms with Gasteiger partial charge in [0.15, 0.2) is 0 Å². The highest BCUT2D eigenvalue weighted by molar-refractivity contribution is 5.14. The number of rotatable bonds is 8. The molecule has 1 aromatic carbocycles. The van der Waals surface area contributed by atoms with Crippen molar-refractivity contribution in [2.24, 2.45) is 5.92 Å². The fraction of sp³-hybridized carbons (Fsp3) is 0.600. The van der Waals surface area contributed by atoms with Crippen LogP contribution in [0.2, 0.25) is 0 Å².